The molecule has 0 aliphatic rings. The highest BCUT2D eigenvalue weighted by Gasteiger charge is 2.28. The summed E-state index contributed by atoms with van der Waals surface area (Å²) in [6.45, 7) is 3.60. The Hall–Kier alpha value is -0.930. The first-order chi connectivity index (χ1) is 6.88. The SMILES string of the molecule is CC(C)(CN)C(=O)c1cc(F)ccc1Cl. The van der Waals surface area contributed by atoms with E-state index < -0.39 is 11.2 Å². The summed E-state index contributed by atoms with van der Waals surface area (Å²) in [4.78, 5) is 11.9. The highest BCUT2D eigenvalue weighted by atomic mass is 35.5. The van der Waals surface area contributed by atoms with Gasteiger partial charge < -0.3 is 5.73 Å². The number of nitrogens with two attached hydrogens (primary N) is 1. The van der Waals surface area contributed by atoms with Crippen LogP contribution in [0.2, 0.25) is 5.02 Å². The van der Waals surface area contributed by atoms with Crippen LogP contribution in [0.25, 0.3) is 0 Å². The standard InChI is InChI=1S/C11H13ClFNO/c1-11(2,6-14)10(15)8-5-7(13)3-4-9(8)12/h3-5H,6,14H2,1-2H3. The highest BCUT2D eigenvalue weighted by molar-refractivity contribution is 6.34. The Bertz CT molecular complexity index is 390. The molecule has 0 unspecified atom stereocenters. The van der Waals surface area contributed by atoms with E-state index in [0.717, 1.165) is 6.07 Å². The molecule has 0 bridgehead atoms. The molecule has 1 rings (SSSR count). The van der Waals surface area contributed by atoms with Crippen LogP contribution in [0.15, 0.2) is 18.2 Å². The molecule has 0 fully saturated rings. The lowest BCUT2D eigenvalue weighted by molar-refractivity contribution is 0.0847. The van der Waals surface area contributed by atoms with Crippen LogP contribution in [0.4, 0.5) is 4.39 Å². The van der Waals surface area contributed by atoms with E-state index in [2.05, 4.69) is 0 Å². The second kappa shape index (κ2) is 4.29. The van der Waals surface area contributed by atoms with E-state index in [-0.39, 0.29) is 22.9 Å². The maximum atomic E-state index is 13.0. The van der Waals surface area contributed by atoms with Crippen molar-refractivity contribution in [3.63, 3.8) is 0 Å². The molecule has 2 nitrogen and oxygen atoms in total. The molecule has 0 aliphatic carbocycles. The zero-order valence-electron chi connectivity index (χ0n) is 8.68. The van der Waals surface area contributed by atoms with Crippen LogP contribution in [-0.2, 0) is 0 Å². The molecule has 82 valence electrons. The van der Waals surface area contributed by atoms with Crippen molar-refractivity contribution < 1.29 is 9.18 Å². The van der Waals surface area contributed by atoms with Crippen molar-refractivity contribution in [1.82, 2.24) is 0 Å². The van der Waals surface area contributed by atoms with Gasteiger partial charge in [0.1, 0.15) is 5.82 Å². The summed E-state index contributed by atoms with van der Waals surface area (Å²) in [6, 6.07) is 3.73. The average molecular weight is 230 g/mol. The van der Waals surface area contributed by atoms with Gasteiger partial charge in [-0.3, -0.25) is 4.79 Å². The van der Waals surface area contributed by atoms with E-state index in [0.29, 0.717) is 0 Å². The summed E-state index contributed by atoms with van der Waals surface area (Å²) >= 11 is 5.83. The number of hydrogen-bond donors (Lipinski definition) is 1. The van der Waals surface area contributed by atoms with Crippen molar-refractivity contribution in [3.05, 3.63) is 34.6 Å². The summed E-state index contributed by atoms with van der Waals surface area (Å²) in [5.41, 5.74) is 4.94. The molecule has 0 amide bonds. The number of halogens is 2. The lowest BCUT2D eigenvalue weighted by Crippen LogP contribution is -2.33. The second-order valence-corrected chi connectivity index (χ2v) is 4.45. The molecular formula is C11H13ClFNO. The molecule has 0 atom stereocenters. The molecular weight excluding hydrogens is 217 g/mol. The number of ketones is 1. The zero-order chi connectivity index (χ0) is 11.6. The van der Waals surface area contributed by atoms with Gasteiger partial charge in [0.2, 0.25) is 0 Å². The van der Waals surface area contributed by atoms with E-state index in [1.54, 1.807) is 13.8 Å². The number of carbonyl (C=O) groups excluding carboxylic acids is 1. The van der Waals surface area contributed by atoms with E-state index in [4.69, 9.17) is 17.3 Å². The fourth-order valence-corrected chi connectivity index (χ4v) is 1.33. The maximum absolute atomic E-state index is 13.0. The first-order valence-corrected chi connectivity index (χ1v) is 4.96. The fourth-order valence-electron chi connectivity index (χ4n) is 1.13. The Labute approximate surface area is 93.2 Å². The third-order valence-corrected chi connectivity index (χ3v) is 2.63. The summed E-state index contributed by atoms with van der Waals surface area (Å²) in [5, 5.41) is 0.253. The Kier molecular flexibility index (Phi) is 3.47. The van der Waals surface area contributed by atoms with Gasteiger partial charge in [0.05, 0.1) is 5.02 Å². The van der Waals surface area contributed by atoms with Crippen molar-refractivity contribution in [2.24, 2.45) is 11.1 Å². The predicted molar refractivity (Wildman–Crippen MR) is 58.6 cm³/mol. The lowest BCUT2D eigenvalue weighted by Gasteiger charge is -2.21. The van der Waals surface area contributed by atoms with Gasteiger partial charge in [-0.2, -0.15) is 0 Å². The molecule has 0 radical (unpaired) electrons. The molecule has 1 aromatic rings. The van der Waals surface area contributed by atoms with Crippen molar-refractivity contribution in [2.45, 2.75) is 13.8 Å². The summed E-state index contributed by atoms with van der Waals surface area (Å²) in [5.74, 6) is -0.718. The summed E-state index contributed by atoms with van der Waals surface area (Å²) < 4.78 is 13.0. The van der Waals surface area contributed by atoms with Gasteiger partial charge in [-0.15, -0.1) is 0 Å². The Morgan fingerprint density at radius 3 is 2.67 bits per heavy atom. The average Bonchev–Trinajstić information content (AvgIpc) is 2.20. The number of hydrogen-bond acceptors (Lipinski definition) is 2. The molecule has 0 aromatic heterocycles. The topological polar surface area (TPSA) is 43.1 Å². The molecule has 0 spiro atoms. The largest absolute Gasteiger partial charge is 0.329 e. The van der Waals surface area contributed by atoms with Crippen LogP contribution in [-0.4, -0.2) is 12.3 Å². The molecule has 0 heterocycles. The van der Waals surface area contributed by atoms with E-state index in [1.807, 2.05) is 0 Å². The molecule has 1 aromatic carbocycles. The van der Waals surface area contributed by atoms with Gasteiger partial charge in [0.15, 0.2) is 5.78 Å². The zero-order valence-corrected chi connectivity index (χ0v) is 9.44. The molecule has 2 N–H and O–H groups in total. The minimum atomic E-state index is -0.725. The van der Waals surface area contributed by atoms with Crippen LogP contribution >= 0.6 is 11.6 Å². The number of rotatable bonds is 3. The van der Waals surface area contributed by atoms with Crippen LogP contribution in [0.5, 0.6) is 0 Å². The van der Waals surface area contributed by atoms with Crippen LogP contribution in [0.3, 0.4) is 0 Å². The summed E-state index contributed by atoms with van der Waals surface area (Å²) in [7, 11) is 0. The number of carbonyl (C=O) groups is 1. The minimum Gasteiger partial charge on any atom is -0.329 e. The van der Waals surface area contributed by atoms with Gasteiger partial charge in [0, 0.05) is 17.5 Å². The normalized spacial score (nSPS) is 11.5. The lowest BCUT2D eigenvalue weighted by atomic mass is 9.84. The Morgan fingerprint density at radius 2 is 2.13 bits per heavy atom. The van der Waals surface area contributed by atoms with Gasteiger partial charge in [0.25, 0.3) is 0 Å². The number of Topliss-reactive ketones (excluding diaryl/α,β-unsaturated/α-hetero) is 1. The monoisotopic (exact) mass is 229 g/mol. The van der Waals surface area contributed by atoms with Crippen molar-refractivity contribution in [1.29, 1.82) is 0 Å². The molecule has 4 heteroatoms. The molecule has 15 heavy (non-hydrogen) atoms. The van der Waals surface area contributed by atoms with Gasteiger partial charge in [-0.25, -0.2) is 4.39 Å². The van der Waals surface area contributed by atoms with Crippen LogP contribution in [0, 0.1) is 11.2 Å². The first-order valence-electron chi connectivity index (χ1n) is 4.58. The maximum Gasteiger partial charge on any atom is 0.171 e. The van der Waals surface area contributed by atoms with Crippen molar-refractivity contribution >= 4 is 17.4 Å². The first kappa shape index (κ1) is 12.1. The molecule has 0 saturated carbocycles. The fraction of sp³-hybridized carbons (Fsp3) is 0.364. The van der Waals surface area contributed by atoms with E-state index in [9.17, 15) is 9.18 Å². The van der Waals surface area contributed by atoms with Crippen molar-refractivity contribution in [2.75, 3.05) is 6.54 Å². The second-order valence-electron chi connectivity index (χ2n) is 4.04. The number of benzene rings is 1. The van der Waals surface area contributed by atoms with Crippen molar-refractivity contribution in [3.8, 4) is 0 Å². The molecule has 0 saturated heterocycles. The minimum absolute atomic E-state index is 0.187. The Balaban J connectivity index is 3.17. The highest BCUT2D eigenvalue weighted by Crippen LogP contribution is 2.26. The van der Waals surface area contributed by atoms with Gasteiger partial charge in [-0.05, 0) is 18.2 Å². The third-order valence-electron chi connectivity index (χ3n) is 2.30. The van der Waals surface area contributed by atoms with E-state index >= 15 is 0 Å². The summed E-state index contributed by atoms with van der Waals surface area (Å²) in [6.07, 6.45) is 0. The van der Waals surface area contributed by atoms with Gasteiger partial charge in [-0.1, -0.05) is 25.4 Å². The molecule has 0 aliphatic heterocycles. The third kappa shape index (κ3) is 2.55. The van der Waals surface area contributed by atoms with Crippen LogP contribution < -0.4 is 5.73 Å². The predicted octanol–water partition coefficient (Wildman–Crippen LogP) is 2.65. The van der Waals surface area contributed by atoms with Crippen LogP contribution in [0.1, 0.15) is 24.2 Å². The smallest absolute Gasteiger partial charge is 0.171 e. The van der Waals surface area contributed by atoms with Gasteiger partial charge >= 0.3 is 0 Å². The Morgan fingerprint density at radius 1 is 1.53 bits per heavy atom. The quantitative estimate of drug-likeness (QED) is 0.810. The van der Waals surface area contributed by atoms with E-state index in [1.165, 1.54) is 12.1 Å².